The van der Waals surface area contributed by atoms with Crippen LogP contribution in [-0.2, 0) is 9.53 Å². The van der Waals surface area contributed by atoms with Crippen molar-refractivity contribution < 1.29 is 9.53 Å². The normalized spacial score (nSPS) is 11.5. The monoisotopic (exact) mass is 375 g/mol. The van der Waals surface area contributed by atoms with E-state index in [-0.39, 0.29) is 5.97 Å². The Balaban J connectivity index is 1.94. The first-order valence-electron chi connectivity index (χ1n) is 8.73. The summed E-state index contributed by atoms with van der Waals surface area (Å²) in [5, 5.41) is 3.31. The number of hydrogen-bond acceptors (Lipinski definition) is 3. The van der Waals surface area contributed by atoms with Crippen LogP contribution in [0.1, 0.15) is 35.3 Å². The number of hydrogen-bond donors (Lipinski definition) is 1. The lowest BCUT2D eigenvalue weighted by Gasteiger charge is -2.22. The van der Waals surface area contributed by atoms with E-state index in [1.807, 2.05) is 85.8 Å². The molecule has 0 spiro atoms. The van der Waals surface area contributed by atoms with Crippen molar-refractivity contribution in [1.82, 2.24) is 0 Å². The van der Waals surface area contributed by atoms with E-state index in [1.54, 1.807) is 0 Å². The molecule has 0 aliphatic carbocycles. The van der Waals surface area contributed by atoms with Crippen LogP contribution in [-0.4, -0.2) is 11.0 Å². The number of benzene rings is 3. The highest BCUT2D eigenvalue weighted by molar-refractivity contribution is 7.81. The Bertz CT molecular complexity index is 936. The molecule has 0 radical (unpaired) electrons. The Labute approximate surface area is 165 Å². The van der Waals surface area contributed by atoms with Crippen molar-refractivity contribution in [3.05, 3.63) is 101 Å². The van der Waals surface area contributed by atoms with E-state index in [0.29, 0.717) is 4.99 Å². The largest absolute Gasteiger partial charge is 0.453 e. The molecule has 0 aliphatic rings. The lowest BCUT2D eigenvalue weighted by molar-refractivity contribution is -0.144. The van der Waals surface area contributed by atoms with E-state index < -0.39 is 6.10 Å². The smallest absolute Gasteiger partial charge is 0.303 e. The number of aryl methyl sites for hydroxylation is 1. The summed E-state index contributed by atoms with van der Waals surface area (Å²) in [5.74, 6) is -0.334. The molecule has 3 aromatic carbocycles. The van der Waals surface area contributed by atoms with Gasteiger partial charge in [-0.05, 0) is 18.6 Å². The fourth-order valence-electron chi connectivity index (χ4n) is 2.84. The van der Waals surface area contributed by atoms with Gasteiger partial charge in [0.25, 0.3) is 0 Å². The van der Waals surface area contributed by atoms with Gasteiger partial charge >= 0.3 is 5.97 Å². The summed E-state index contributed by atoms with van der Waals surface area (Å²) < 4.78 is 5.64. The quantitative estimate of drug-likeness (QED) is 0.476. The summed E-state index contributed by atoms with van der Waals surface area (Å²) in [6, 6.07) is 25.5. The molecule has 3 rings (SSSR count). The van der Waals surface area contributed by atoms with Crippen LogP contribution in [0.4, 0.5) is 5.69 Å². The molecule has 1 atom stereocenters. The second-order valence-electron chi connectivity index (χ2n) is 6.31. The fourth-order valence-corrected chi connectivity index (χ4v) is 3.09. The number of ether oxygens (including phenoxy) is 1. The lowest BCUT2D eigenvalue weighted by atomic mass is 9.99. The molecule has 4 heteroatoms. The third kappa shape index (κ3) is 4.80. The van der Waals surface area contributed by atoms with Crippen molar-refractivity contribution in [3.63, 3.8) is 0 Å². The van der Waals surface area contributed by atoms with Crippen molar-refractivity contribution in [1.29, 1.82) is 0 Å². The maximum atomic E-state index is 11.7. The number of rotatable bonds is 5. The molecule has 0 fully saturated rings. The van der Waals surface area contributed by atoms with Gasteiger partial charge in [-0.25, -0.2) is 0 Å². The highest BCUT2D eigenvalue weighted by Crippen LogP contribution is 2.32. The zero-order valence-electron chi connectivity index (χ0n) is 15.3. The van der Waals surface area contributed by atoms with E-state index in [9.17, 15) is 4.79 Å². The highest BCUT2D eigenvalue weighted by Gasteiger charge is 2.20. The number of para-hydroxylation sites is 1. The maximum absolute atomic E-state index is 11.7. The van der Waals surface area contributed by atoms with Gasteiger partial charge in [0, 0.05) is 23.7 Å². The molecule has 0 aliphatic heterocycles. The Morgan fingerprint density at radius 1 is 0.926 bits per heavy atom. The molecular formula is C23H21NO2S. The molecule has 0 amide bonds. The van der Waals surface area contributed by atoms with Crippen molar-refractivity contribution in [2.24, 2.45) is 0 Å². The van der Waals surface area contributed by atoms with Crippen LogP contribution in [0.2, 0.25) is 0 Å². The fraction of sp³-hybridized carbons (Fsp3) is 0.130. The minimum Gasteiger partial charge on any atom is -0.453 e. The van der Waals surface area contributed by atoms with Gasteiger partial charge < -0.3 is 10.1 Å². The van der Waals surface area contributed by atoms with Gasteiger partial charge in [0.15, 0.2) is 6.10 Å². The second-order valence-corrected chi connectivity index (χ2v) is 6.72. The van der Waals surface area contributed by atoms with Crippen molar-refractivity contribution in [3.8, 4) is 0 Å². The van der Waals surface area contributed by atoms with Crippen LogP contribution in [0, 0.1) is 6.92 Å². The van der Waals surface area contributed by atoms with E-state index >= 15 is 0 Å². The highest BCUT2D eigenvalue weighted by atomic mass is 32.1. The predicted octanol–water partition coefficient (Wildman–Crippen LogP) is 5.44. The van der Waals surface area contributed by atoms with Gasteiger partial charge in [-0.2, -0.15) is 0 Å². The van der Waals surface area contributed by atoms with Crippen LogP contribution in [0.3, 0.4) is 0 Å². The molecule has 0 bridgehead atoms. The zero-order valence-corrected chi connectivity index (χ0v) is 16.1. The van der Waals surface area contributed by atoms with Crippen molar-refractivity contribution in [2.45, 2.75) is 20.0 Å². The number of esters is 1. The third-order valence-electron chi connectivity index (χ3n) is 4.19. The molecule has 0 aromatic heterocycles. The second kappa shape index (κ2) is 8.60. The molecular weight excluding hydrogens is 354 g/mol. The van der Waals surface area contributed by atoms with Crippen LogP contribution in [0.25, 0.3) is 0 Å². The summed E-state index contributed by atoms with van der Waals surface area (Å²) in [7, 11) is 0. The van der Waals surface area contributed by atoms with Gasteiger partial charge in [0.1, 0.15) is 4.99 Å². The number of carbonyl (C=O) groups excluding carboxylic acids is 1. The topological polar surface area (TPSA) is 38.3 Å². The van der Waals surface area contributed by atoms with E-state index in [4.69, 9.17) is 17.0 Å². The number of anilines is 1. The van der Waals surface area contributed by atoms with Gasteiger partial charge in [-0.3, -0.25) is 4.79 Å². The maximum Gasteiger partial charge on any atom is 0.303 e. The Hall–Kier alpha value is -2.98. The predicted molar refractivity (Wildman–Crippen MR) is 113 cm³/mol. The molecule has 1 unspecified atom stereocenters. The first kappa shape index (κ1) is 18.8. The van der Waals surface area contributed by atoms with Crippen LogP contribution < -0.4 is 5.32 Å². The first-order valence-corrected chi connectivity index (χ1v) is 9.14. The number of thiocarbonyl (C=S) groups is 1. The van der Waals surface area contributed by atoms with E-state index in [0.717, 1.165) is 22.4 Å². The molecule has 1 N–H and O–H groups in total. The molecule has 3 aromatic rings. The number of nitrogens with one attached hydrogen (secondary N) is 1. The third-order valence-corrected chi connectivity index (χ3v) is 4.53. The van der Waals surface area contributed by atoms with E-state index in [2.05, 4.69) is 5.32 Å². The van der Waals surface area contributed by atoms with Gasteiger partial charge in [-0.1, -0.05) is 90.6 Å². The summed E-state index contributed by atoms with van der Waals surface area (Å²) in [5.41, 5.74) is 4.70. The Morgan fingerprint density at radius 2 is 1.56 bits per heavy atom. The van der Waals surface area contributed by atoms with Gasteiger partial charge in [0.05, 0.1) is 0 Å². The molecule has 3 nitrogen and oxygen atoms in total. The average Bonchev–Trinajstić information content (AvgIpc) is 2.68. The first-order chi connectivity index (χ1) is 13.0. The minimum absolute atomic E-state index is 0.334. The van der Waals surface area contributed by atoms with Gasteiger partial charge in [-0.15, -0.1) is 0 Å². The molecule has 27 heavy (non-hydrogen) atoms. The Morgan fingerprint density at radius 3 is 2.22 bits per heavy atom. The van der Waals surface area contributed by atoms with Gasteiger partial charge in [0.2, 0.25) is 0 Å². The van der Waals surface area contributed by atoms with Crippen LogP contribution in [0.15, 0.2) is 78.9 Å². The summed E-state index contributed by atoms with van der Waals surface area (Å²) in [4.78, 5) is 12.3. The molecule has 0 saturated carbocycles. The Kier molecular flexibility index (Phi) is 5.99. The van der Waals surface area contributed by atoms with E-state index in [1.165, 1.54) is 12.5 Å². The molecule has 136 valence electrons. The van der Waals surface area contributed by atoms with Crippen LogP contribution in [0.5, 0.6) is 0 Å². The molecule has 0 saturated heterocycles. The lowest BCUT2D eigenvalue weighted by Crippen LogP contribution is -2.16. The average molecular weight is 375 g/mol. The number of carbonyl (C=O) groups is 1. The summed E-state index contributed by atoms with van der Waals surface area (Å²) in [6.07, 6.45) is -0.506. The van der Waals surface area contributed by atoms with Crippen molar-refractivity contribution in [2.75, 3.05) is 5.32 Å². The van der Waals surface area contributed by atoms with Crippen LogP contribution >= 0.6 is 12.2 Å². The summed E-state index contributed by atoms with van der Waals surface area (Å²) >= 11 is 5.58. The summed E-state index contributed by atoms with van der Waals surface area (Å²) in [6.45, 7) is 3.46. The SMILES string of the molecule is CC(=O)OC(c1ccccc1)c1ccccc1NC(=S)c1ccc(C)cc1. The molecule has 0 heterocycles. The minimum atomic E-state index is -0.506. The van der Waals surface area contributed by atoms with Crippen molar-refractivity contribution >= 4 is 28.9 Å². The standard InChI is InChI=1S/C23H21NO2S/c1-16-12-14-19(15-13-16)23(27)24-21-11-7-6-10-20(21)22(26-17(2)25)18-8-4-3-5-9-18/h3-15,22H,1-2H3,(H,24,27). The zero-order chi connectivity index (χ0) is 19.2.